The maximum Gasteiger partial charge on any atom is 0.409 e. The average molecular weight is 550 g/mol. The first-order chi connectivity index (χ1) is 20.0. The van der Waals surface area contributed by atoms with Crippen molar-refractivity contribution in [3.05, 3.63) is 85.1 Å². The van der Waals surface area contributed by atoms with E-state index < -0.39 is 0 Å². The van der Waals surface area contributed by atoms with E-state index in [0.717, 1.165) is 70.7 Å². The summed E-state index contributed by atoms with van der Waals surface area (Å²) < 4.78 is 6.98. The predicted molar refractivity (Wildman–Crippen MR) is 162 cm³/mol. The Labute approximate surface area is 239 Å². The number of nitrogens with zero attached hydrogens (tertiary/aromatic N) is 6. The van der Waals surface area contributed by atoms with E-state index in [4.69, 9.17) is 20.4 Å². The van der Waals surface area contributed by atoms with Gasteiger partial charge < -0.3 is 15.4 Å². The normalized spacial score (nSPS) is 19.8. The van der Waals surface area contributed by atoms with Gasteiger partial charge in [-0.1, -0.05) is 49.1 Å². The number of piperazine rings is 1. The van der Waals surface area contributed by atoms with Crippen molar-refractivity contribution in [3.8, 4) is 11.3 Å². The number of benzene rings is 1. The highest BCUT2D eigenvalue weighted by molar-refractivity contribution is 5.91. The van der Waals surface area contributed by atoms with Gasteiger partial charge in [0.1, 0.15) is 22.9 Å². The Kier molecular flexibility index (Phi) is 7.28. The second-order valence-corrected chi connectivity index (χ2v) is 10.7. The van der Waals surface area contributed by atoms with Crippen LogP contribution in [0.2, 0.25) is 0 Å². The van der Waals surface area contributed by atoms with E-state index in [1.165, 1.54) is 7.11 Å². The summed E-state index contributed by atoms with van der Waals surface area (Å²) in [6, 6.07) is 10.8. The van der Waals surface area contributed by atoms with E-state index in [1.54, 1.807) is 11.1 Å². The molecule has 1 saturated carbocycles. The molecule has 0 radical (unpaired) electrons. The van der Waals surface area contributed by atoms with Crippen LogP contribution in [-0.2, 0) is 4.74 Å². The van der Waals surface area contributed by atoms with E-state index in [1.807, 2.05) is 43.5 Å². The molecule has 6 rings (SSSR count). The van der Waals surface area contributed by atoms with Crippen LogP contribution in [0.3, 0.4) is 0 Å². The number of anilines is 1. The lowest BCUT2D eigenvalue weighted by molar-refractivity contribution is 0.0446. The van der Waals surface area contributed by atoms with Crippen LogP contribution in [0.4, 0.5) is 10.6 Å². The van der Waals surface area contributed by atoms with Crippen LogP contribution in [0.5, 0.6) is 0 Å². The van der Waals surface area contributed by atoms with Crippen molar-refractivity contribution in [1.29, 1.82) is 0 Å². The van der Waals surface area contributed by atoms with E-state index in [-0.39, 0.29) is 6.09 Å². The maximum atomic E-state index is 11.8. The molecule has 1 amide bonds. The number of carbonyl (C=O) groups excluding carboxylic acids is 1. The number of imidazole rings is 1. The molecule has 41 heavy (non-hydrogen) atoms. The van der Waals surface area contributed by atoms with E-state index in [0.29, 0.717) is 30.9 Å². The molecule has 0 unspecified atom stereocenters. The number of hydrogen-bond acceptors (Lipinski definition) is 7. The smallest absolute Gasteiger partial charge is 0.409 e. The van der Waals surface area contributed by atoms with Gasteiger partial charge >= 0.3 is 6.09 Å². The SMILES string of the molecule is C=C(/C=C\C=C/C)c1ccc2ccc(-c3nc([C@H]4C[C@@H](N5CCN(C(=O)OC)CC5)C4)n4ccnc(N)c34)cc2n1. The molecule has 0 atom stereocenters. The zero-order valence-corrected chi connectivity index (χ0v) is 23.5. The maximum absolute atomic E-state index is 11.8. The van der Waals surface area contributed by atoms with Gasteiger partial charge in [0, 0.05) is 61.5 Å². The highest BCUT2D eigenvalue weighted by atomic mass is 16.5. The van der Waals surface area contributed by atoms with Crippen molar-refractivity contribution in [2.45, 2.75) is 31.7 Å². The van der Waals surface area contributed by atoms with Crippen molar-refractivity contribution in [2.24, 2.45) is 0 Å². The Morgan fingerprint density at radius 3 is 2.63 bits per heavy atom. The summed E-state index contributed by atoms with van der Waals surface area (Å²) in [5.74, 6) is 1.79. The van der Waals surface area contributed by atoms with Crippen LogP contribution in [0.25, 0.3) is 33.3 Å². The minimum absolute atomic E-state index is 0.245. The van der Waals surface area contributed by atoms with Gasteiger partial charge in [-0.15, -0.1) is 0 Å². The van der Waals surface area contributed by atoms with Gasteiger partial charge in [-0.25, -0.2) is 19.7 Å². The van der Waals surface area contributed by atoms with Crippen molar-refractivity contribution in [2.75, 3.05) is 39.0 Å². The molecule has 0 spiro atoms. The summed E-state index contributed by atoms with van der Waals surface area (Å²) in [4.78, 5) is 30.6. The summed E-state index contributed by atoms with van der Waals surface area (Å²) in [5, 5.41) is 1.05. The van der Waals surface area contributed by atoms with Crippen LogP contribution in [-0.4, -0.2) is 74.6 Å². The molecule has 1 aromatic carbocycles. The molecule has 4 heterocycles. The molecule has 0 bridgehead atoms. The summed E-state index contributed by atoms with van der Waals surface area (Å²) in [7, 11) is 1.44. The van der Waals surface area contributed by atoms with Gasteiger partial charge in [-0.2, -0.15) is 0 Å². The van der Waals surface area contributed by atoms with Crippen molar-refractivity contribution < 1.29 is 9.53 Å². The van der Waals surface area contributed by atoms with Crippen molar-refractivity contribution in [1.82, 2.24) is 29.2 Å². The molecule has 3 aromatic heterocycles. The van der Waals surface area contributed by atoms with E-state index >= 15 is 0 Å². The van der Waals surface area contributed by atoms with Crippen LogP contribution < -0.4 is 5.73 Å². The summed E-state index contributed by atoms with van der Waals surface area (Å²) in [6.07, 6.45) is 13.4. The third-order valence-electron chi connectivity index (χ3n) is 8.25. The van der Waals surface area contributed by atoms with Gasteiger partial charge in [0.05, 0.1) is 18.3 Å². The molecule has 2 aliphatic rings. The fourth-order valence-corrected chi connectivity index (χ4v) is 5.88. The molecule has 1 aliphatic carbocycles. The topological polar surface area (TPSA) is 102 Å². The Hall–Kier alpha value is -4.50. The summed E-state index contributed by atoms with van der Waals surface area (Å²) >= 11 is 0. The standard InChI is InChI=1S/C32H35N7O2/c1-4-5-6-7-21(2)26-11-10-22-8-9-23(20-27(22)35-26)28-29-30(33)34-12-13-39(29)31(36-28)24-18-25(19-24)37-14-16-38(17-15-37)32(40)41-3/h4-13,20,24-25H,2,14-19H2,1,3H3,(H2,33,34)/b5-4-,7-6-/t24-,25+. The molecule has 4 aromatic rings. The Morgan fingerprint density at radius 1 is 1.10 bits per heavy atom. The number of ether oxygens (including phenoxy) is 1. The highest BCUT2D eigenvalue weighted by Crippen LogP contribution is 2.42. The number of allylic oxidation sites excluding steroid dienone is 5. The number of hydrogen-bond donors (Lipinski definition) is 1. The first kappa shape index (κ1) is 26.7. The molecule has 1 aliphatic heterocycles. The lowest BCUT2D eigenvalue weighted by Gasteiger charge is -2.45. The van der Waals surface area contributed by atoms with Gasteiger partial charge in [0.25, 0.3) is 0 Å². The van der Waals surface area contributed by atoms with Gasteiger partial charge in [-0.3, -0.25) is 9.30 Å². The number of fused-ring (bicyclic) bond motifs is 2. The van der Waals surface area contributed by atoms with Crippen molar-refractivity contribution >= 4 is 33.9 Å². The van der Waals surface area contributed by atoms with Crippen molar-refractivity contribution in [3.63, 3.8) is 0 Å². The molecule has 9 heteroatoms. The molecule has 2 fully saturated rings. The first-order valence-corrected chi connectivity index (χ1v) is 14.1. The second kappa shape index (κ2) is 11.2. The Balaban J connectivity index is 1.26. The lowest BCUT2D eigenvalue weighted by atomic mass is 9.78. The molecule has 210 valence electrons. The van der Waals surface area contributed by atoms with Crippen LogP contribution >= 0.6 is 0 Å². The third-order valence-corrected chi connectivity index (χ3v) is 8.25. The van der Waals surface area contributed by atoms with Crippen LogP contribution in [0.1, 0.15) is 37.2 Å². The minimum atomic E-state index is -0.245. The number of carbonyl (C=O) groups is 1. The summed E-state index contributed by atoms with van der Waals surface area (Å²) in [6.45, 7) is 9.28. The molecule has 1 saturated heterocycles. The molecular weight excluding hydrogens is 514 g/mol. The van der Waals surface area contributed by atoms with E-state index in [2.05, 4.69) is 45.1 Å². The van der Waals surface area contributed by atoms with Gasteiger partial charge in [0.15, 0.2) is 0 Å². The first-order valence-electron chi connectivity index (χ1n) is 14.1. The monoisotopic (exact) mass is 549 g/mol. The number of amides is 1. The number of nitrogens with two attached hydrogens (primary N) is 1. The number of methoxy groups -OCH3 is 1. The number of pyridine rings is 1. The molecule has 2 N–H and O–H groups in total. The second-order valence-electron chi connectivity index (χ2n) is 10.7. The highest BCUT2D eigenvalue weighted by Gasteiger charge is 2.39. The number of aromatic nitrogens is 4. The predicted octanol–water partition coefficient (Wildman–Crippen LogP) is 5.30. The fraction of sp³-hybridized carbons (Fsp3) is 0.312. The van der Waals surface area contributed by atoms with Crippen LogP contribution in [0, 0.1) is 0 Å². The zero-order valence-electron chi connectivity index (χ0n) is 23.5. The molecule has 9 nitrogen and oxygen atoms in total. The Bertz CT molecular complexity index is 1670. The fourth-order valence-electron chi connectivity index (χ4n) is 5.88. The molecular formula is C32H35N7O2. The zero-order chi connectivity index (χ0) is 28.5. The quantitative estimate of drug-likeness (QED) is 0.326. The van der Waals surface area contributed by atoms with Crippen LogP contribution in [0.15, 0.2) is 73.6 Å². The largest absolute Gasteiger partial charge is 0.453 e. The average Bonchev–Trinajstić information content (AvgIpc) is 3.36. The minimum Gasteiger partial charge on any atom is -0.453 e. The number of rotatable bonds is 6. The Morgan fingerprint density at radius 2 is 1.88 bits per heavy atom. The van der Waals surface area contributed by atoms with Gasteiger partial charge in [-0.05, 0) is 37.5 Å². The lowest BCUT2D eigenvalue weighted by Crippen LogP contribution is -2.54. The van der Waals surface area contributed by atoms with Gasteiger partial charge in [0.2, 0.25) is 0 Å². The third kappa shape index (κ3) is 5.09. The number of nitrogen functional groups attached to an aromatic ring is 1. The van der Waals surface area contributed by atoms with E-state index in [9.17, 15) is 4.79 Å². The summed E-state index contributed by atoms with van der Waals surface area (Å²) in [5.41, 5.74) is 11.6.